The van der Waals surface area contributed by atoms with Crippen molar-refractivity contribution in [3.63, 3.8) is 0 Å². The fraction of sp³-hybridized carbons (Fsp3) is 0.308. The molecular weight excluding hydrogens is 490 g/mol. The molecule has 194 valence electrons. The van der Waals surface area contributed by atoms with Crippen LogP contribution in [0.5, 0.6) is 6.01 Å². The summed E-state index contributed by atoms with van der Waals surface area (Å²) in [6.45, 7) is 5.02. The van der Waals surface area contributed by atoms with E-state index < -0.39 is 10.0 Å². The molecule has 1 saturated heterocycles. The van der Waals surface area contributed by atoms with Crippen molar-refractivity contribution in [1.82, 2.24) is 19.5 Å². The van der Waals surface area contributed by atoms with Crippen molar-refractivity contribution < 1.29 is 13.2 Å². The molecule has 0 radical (unpaired) electrons. The Labute approximate surface area is 216 Å². The average molecular weight is 522 g/mol. The molecule has 11 heteroatoms. The van der Waals surface area contributed by atoms with Gasteiger partial charge in [0.25, 0.3) is 0 Å². The molecule has 1 aliphatic heterocycles. The summed E-state index contributed by atoms with van der Waals surface area (Å²) in [6, 6.07) is 19.4. The highest BCUT2D eigenvalue weighted by Gasteiger charge is 2.20. The fourth-order valence-corrected chi connectivity index (χ4v) is 5.00. The van der Waals surface area contributed by atoms with Crippen molar-refractivity contribution in [3.05, 3.63) is 66.9 Å². The van der Waals surface area contributed by atoms with Gasteiger partial charge in [0.2, 0.25) is 10.0 Å². The van der Waals surface area contributed by atoms with Gasteiger partial charge in [-0.2, -0.15) is 0 Å². The number of hydrogen-bond donors (Lipinski definition) is 1. The third kappa shape index (κ3) is 5.47. The third-order valence-electron chi connectivity index (χ3n) is 6.66. The minimum Gasteiger partial charge on any atom is -0.461 e. The molecule has 3 heterocycles. The van der Waals surface area contributed by atoms with Gasteiger partial charge in [-0.1, -0.05) is 18.2 Å². The Kier molecular flexibility index (Phi) is 6.90. The van der Waals surface area contributed by atoms with Crippen LogP contribution >= 0.6 is 0 Å². The van der Waals surface area contributed by atoms with Crippen molar-refractivity contribution in [2.24, 2.45) is 0 Å². The molecule has 1 fully saturated rings. The van der Waals surface area contributed by atoms with Crippen LogP contribution in [0, 0.1) is 0 Å². The summed E-state index contributed by atoms with van der Waals surface area (Å²) in [5, 5.41) is 4.59. The van der Waals surface area contributed by atoms with Crippen LogP contribution in [0.3, 0.4) is 0 Å². The van der Waals surface area contributed by atoms with Gasteiger partial charge < -0.3 is 15.4 Å². The van der Waals surface area contributed by atoms with Gasteiger partial charge in [0.05, 0.1) is 29.4 Å². The Bertz CT molecular complexity index is 1480. The Morgan fingerprint density at radius 3 is 2.46 bits per heavy atom. The number of aromatic nitrogens is 3. The molecule has 0 atom stereocenters. The summed E-state index contributed by atoms with van der Waals surface area (Å²) in [5.41, 5.74) is 10.6. The predicted molar refractivity (Wildman–Crippen MR) is 147 cm³/mol. The lowest BCUT2D eigenvalue weighted by Crippen LogP contribution is -2.47. The summed E-state index contributed by atoms with van der Waals surface area (Å²) in [4.78, 5) is 9.08. The number of piperazine rings is 1. The molecule has 0 bridgehead atoms. The van der Waals surface area contributed by atoms with Gasteiger partial charge in [-0.3, -0.25) is 9.21 Å². The van der Waals surface area contributed by atoms with Crippen LogP contribution in [0.1, 0.15) is 0 Å². The summed E-state index contributed by atoms with van der Waals surface area (Å²) < 4.78 is 33.3. The van der Waals surface area contributed by atoms with Crippen molar-refractivity contribution in [2.45, 2.75) is 0 Å². The Morgan fingerprint density at radius 1 is 1.00 bits per heavy atom. The molecule has 10 nitrogen and oxygen atoms in total. The molecule has 5 rings (SSSR count). The second-order valence-electron chi connectivity index (χ2n) is 9.11. The first-order chi connectivity index (χ1) is 17.8. The van der Waals surface area contributed by atoms with Crippen LogP contribution in [0.25, 0.3) is 16.8 Å². The van der Waals surface area contributed by atoms with Gasteiger partial charge in [-0.25, -0.2) is 17.9 Å². The van der Waals surface area contributed by atoms with E-state index in [2.05, 4.69) is 32.0 Å². The molecule has 0 spiro atoms. The minimum absolute atomic E-state index is 0.277. The topological polar surface area (TPSA) is 109 Å². The molecule has 0 amide bonds. The monoisotopic (exact) mass is 521 g/mol. The third-order valence-corrected chi connectivity index (χ3v) is 7.86. The molecule has 0 saturated carbocycles. The van der Waals surface area contributed by atoms with Crippen LogP contribution in [0.2, 0.25) is 0 Å². The lowest BCUT2D eigenvalue weighted by atomic mass is 10.1. The zero-order valence-electron chi connectivity index (χ0n) is 21.0. The largest absolute Gasteiger partial charge is 0.461 e. The molecule has 37 heavy (non-hydrogen) atoms. The van der Waals surface area contributed by atoms with E-state index >= 15 is 0 Å². The number of benzene rings is 2. The van der Waals surface area contributed by atoms with Gasteiger partial charge in [0.15, 0.2) is 0 Å². The molecule has 0 aliphatic carbocycles. The maximum atomic E-state index is 12.2. The highest BCUT2D eigenvalue weighted by molar-refractivity contribution is 7.92. The average Bonchev–Trinajstić information content (AvgIpc) is 3.32. The maximum Gasteiger partial charge on any atom is 0.334 e. The number of nitrogen functional groups attached to an aromatic ring is 1. The Balaban J connectivity index is 1.24. The van der Waals surface area contributed by atoms with Crippen LogP contribution < -0.4 is 19.7 Å². The lowest BCUT2D eigenvalue weighted by Gasteiger charge is -2.36. The Hall–Kier alpha value is -3.83. The van der Waals surface area contributed by atoms with Crippen molar-refractivity contribution in [3.8, 4) is 17.3 Å². The number of nitrogens with zero attached hydrogens (tertiary/aromatic N) is 6. The van der Waals surface area contributed by atoms with E-state index in [4.69, 9.17) is 10.5 Å². The molecule has 0 unspecified atom stereocenters. The minimum atomic E-state index is -3.42. The zero-order chi connectivity index (χ0) is 26.0. The van der Waals surface area contributed by atoms with Crippen LogP contribution in [0.4, 0.5) is 17.1 Å². The van der Waals surface area contributed by atoms with Gasteiger partial charge in [0.1, 0.15) is 6.61 Å². The molecule has 1 aliphatic rings. The van der Waals surface area contributed by atoms with Gasteiger partial charge >= 0.3 is 6.01 Å². The first-order valence-electron chi connectivity index (χ1n) is 12.1. The number of hydrogen-bond acceptors (Lipinski definition) is 8. The van der Waals surface area contributed by atoms with Crippen LogP contribution in [-0.4, -0.2) is 80.5 Å². The number of para-hydroxylation sites is 1. The van der Waals surface area contributed by atoms with Crippen molar-refractivity contribution >= 4 is 32.6 Å². The zero-order valence-corrected chi connectivity index (χ0v) is 21.8. The summed E-state index contributed by atoms with van der Waals surface area (Å²) >= 11 is 0. The number of anilines is 3. The van der Waals surface area contributed by atoms with Crippen LogP contribution in [0.15, 0.2) is 66.9 Å². The van der Waals surface area contributed by atoms with Gasteiger partial charge in [0, 0.05) is 56.7 Å². The summed E-state index contributed by atoms with van der Waals surface area (Å²) in [6.07, 6.45) is 2.89. The highest BCUT2D eigenvalue weighted by atomic mass is 32.2. The molecule has 2 aromatic carbocycles. The number of sulfonamides is 1. The number of fused-ring (bicyclic) bond motifs is 1. The van der Waals surface area contributed by atoms with Crippen molar-refractivity contribution in [2.75, 3.05) is 67.6 Å². The first-order valence-corrected chi connectivity index (χ1v) is 14.0. The van der Waals surface area contributed by atoms with Crippen molar-refractivity contribution in [1.29, 1.82) is 0 Å². The normalized spacial score (nSPS) is 14.7. The lowest BCUT2D eigenvalue weighted by molar-refractivity contribution is 0.191. The molecule has 2 aromatic heterocycles. The van der Waals surface area contributed by atoms with E-state index in [0.717, 1.165) is 55.2 Å². The highest BCUT2D eigenvalue weighted by Crippen LogP contribution is 2.32. The number of rotatable bonds is 8. The molecular formula is C26H31N7O3S. The quantitative estimate of drug-likeness (QED) is 0.353. The van der Waals surface area contributed by atoms with E-state index in [9.17, 15) is 8.42 Å². The van der Waals surface area contributed by atoms with E-state index in [1.54, 1.807) is 23.8 Å². The predicted octanol–water partition coefficient (Wildman–Crippen LogP) is 2.58. The standard InChI is InChI=1S/C26H31N7O3S/c1-30(37(2,34)35)24-6-4-3-5-23(24)25-12-11-22-19-28-26(29-33(22)25)36-18-17-31-13-15-32(16-14-31)21-9-7-20(27)8-10-21/h3-12,19H,13-18,27H2,1-2H3. The SMILES string of the molecule is CN(c1ccccc1-c1ccc2cnc(OCCN3CCN(c4ccc(N)cc4)CC3)nn12)S(C)(=O)=O. The second-order valence-corrected chi connectivity index (χ2v) is 11.1. The maximum absolute atomic E-state index is 12.2. The van der Waals surface area contributed by atoms with Gasteiger partial charge in [-0.05, 0) is 42.5 Å². The first kappa shape index (κ1) is 24.8. The molecule has 4 aromatic rings. The molecule has 2 N–H and O–H groups in total. The van der Waals surface area contributed by atoms with E-state index in [1.807, 2.05) is 42.5 Å². The number of ether oxygens (including phenoxy) is 1. The van der Waals surface area contributed by atoms with E-state index in [0.29, 0.717) is 12.3 Å². The summed E-state index contributed by atoms with van der Waals surface area (Å²) in [5.74, 6) is 0. The Morgan fingerprint density at radius 2 is 1.73 bits per heavy atom. The van der Waals surface area contributed by atoms with E-state index in [1.165, 1.54) is 16.2 Å². The van der Waals surface area contributed by atoms with Gasteiger partial charge in [-0.15, -0.1) is 5.10 Å². The fourth-order valence-electron chi connectivity index (χ4n) is 4.48. The smallest absolute Gasteiger partial charge is 0.334 e. The van der Waals surface area contributed by atoms with E-state index in [-0.39, 0.29) is 6.01 Å². The summed E-state index contributed by atoms with van der Waals surface area (Å²) in [7, 11) is -1.88. The number of nitrogens with two attached hydrogens (primary N) is 1. The van der Waals surface area contributed by atoms with Crippen LogP contribution in [-0.2, 0) is 10.0 Å². The second kappa shape index (κ2) is 10.3.